The minimum Gasteiger partial charge on any atom is -0.467 e. The minimum absolute atomic E-state index is 0.0214. The van der Waals surface area contributed by atoms with Crippen molar-refractivity contribution in [1.29, 1.82) is 0 Å². The average Bonchev–Trinajstić information content (AvgIpc) is 3.64. The molecular weight excluding hydrogens is 624 g/mol. The molecule has 2 fully saturated rings. The van der Waals surface area contributed by atoms with E-state index in [0.29, 0.717) is 17.0 Å². The molecule has 2 saturated heterocycles. The molecule has 0 aliphatic carbocycles. The SMILES string of the molecule is COC(=O)[C@]1(C(F)F)CCCN1S(=O)(=O)c1ccc(F)cc1.COC(=O)[C@]1(C=O)CCCN1S(=O)(=O)c1ccc(F)cc1. The summed E-state index contributed by atoms with van der Waals surface area (Å²) >= 11 is 0. The number of nitrogens with zero attached hydrogens (tertiary/aromatic N) is 2. The van der Waals surface area contributed by atoms with Gasteiger partial charge < -0.3 is 14.3 Å². The Kier molecular flexibility index (Phi) is 10.4. The van der Waals surface area contributed by atoms with E-state index >= 15 is 0 Å². The molecule has 2 aliphatic heterocycles. The molecule has 43 heavy (non-hydrogen) atoms. The van der Waals surface area contributed by atoms with E-state index < -0.39 is 61.1 Å². The maximum absolute atomic E-state index is 13.5. The number of benzene rings is 2. The number of sulfonamides is 2. The second-order valence-corrected chi connectivity index (χ2v) is 13.2. The molecule has 2 aromatic rings. The van der Waals surface area contributed by atoms with Crippen LogP contribution in [0.1, 0.15) is 25.7 Å². The normalized spacial score (nSPS) is 23.0. The number of hydrogen-bond donors (Lipinski definition) is 0. The van der Waals surface area contributed by atoms with Crippen LogP contribution in [0.4, 0.5) is 17.6 Å². The topological polar surface area (TPSA) is 144 Å². The van der Waals surface area contributed by atoms with Gasteiger partial charge in [-0.25, -0.2) is 44.0 Å². The van der Waals surface area contributed by atoms with Crippen molar-refractivity contribution in [3.8, 4) is 0 Å². The number of carbonyl (C=O) groups is 3. The number of hydrogen-bond acceptors (Lipinski definition) is 9. The van der Waals surface area contributed by atoms with E-state index in [0.717, 1.165) is 67.1 Å². The largest absolute Gasteiger partial charge is 0.467 e. The molecule has 0 aromatic heterocycles. The van der Waals surface area contributed by atoms with Crippen LogP contribution in [0.15, 0.2) is 58.3 Å². The van der Waals surface area contributed by atoms with Gasteiger partial charge in [-0.1, -0.05) is 0 Å². The van der Waals surface area contributed by atoms with Crippen molar-refractivity contribution in [2.24, 2.45) is 0 Å². The van der Waals surface area contributed by atoms with Crippen LogP contribution in [0.25, 0.3) is 0 Å². The number of halogens is 4. The molecule has 0 radical (unpaired) electrons. The zero-order valence-electron chi connectivity index (χ0n) is 22.9. The van der Waals surface area contributed by atoms with Crippen LogP contribution >= 0.6 is 0 Å². The molecule has 236 valence electrons. The summed E-state index contributed by atoms with van der Waals surface area (Å²) in [5.74, 6) is -3.45. The van der Waals surface area contributed by atoms with Crippen LogP contribution in [0.3, 0.4) is 0 Å². The lowest BCUT2D eigenvalue weighted by atomic mass is 9.98. The quantitative estimate of drug-likeness (QED) is 0.182. The summed E-state index contributed by atoms with van der Waals surface area (Å²) < 4.78 is 113. The Bertz CT molecular complexity index is 1560. The fraction of sp³-hybridized carbons (Fsp3) is 0.423. The molecular formula is C26H28F4N2O9S2. The van der Waals surface area contributed by atoms with Gasteiger partial charge in [0.1, 0.15) is 11.6 Å². The van der Waals surface area contributed by atoms with Gasteiger partial charge in [0, 0.05) is 13.1 Å². The molecule has 2 atom stereocenters. The molecule has 2 aliphatic rings. The van der Waals surface area contributed by atoms with Gasteiger partial charge in [-0.2, -0.15) is 8.61 Å². The first kappa shape index (κ1) is 34.1. The Balaban J connectivity index is 0.000000236. The maximum Gasteiger partial charge on any atom is 0.334 e. The molecule has 4 rings (SSSR count). The molecule has 17 heteroatoms. The van der Waals surface area contributed by atoms with Gasteiger partial charge in [0.2, 0.25) is 20.0 Å². The number of rotatable bonds is 8. The Morgan fingerprint density at radius 2 is 1.19 bits per heavy atom. The van der Waals surface area contributed by atoms with Crippen molar-refractivity contribution in [3.05, 3.63) is 60.2 Å². The summed E-state index contributed by atoms with van der Waals surface area (Å²) in [6.07, 6.45) is -2.76. The molecule has 0 spiro atoms. The van der Waals surface area contributed by atoms with Gasteiger partial charge in [0.25, 0.3) is 6.43 Å². The maximum atomic E-state index is 13.5. The first-order valence-corrected chi connectivity index (χ1v) is 15.5. The van der Waals surface area contributed by atoms with E-state index in [9.17, 15) is 48.8 Å². The molecule has 0 unspecified atom stereocenters. The minimum atomic E-state index is -4.38. The Morgan fingerprint density at radius 3 is 1.60 bits per heavy atom. The summed E-state index contributed by atoms with van der Waals surface area (Å²) in [5.41, 5.74) is -4.38. The van der Waals surface area contributed by atoms with Gasteiger partial charge in [0.15, 0.2) is 17.4 Å². The molecule has 2 heterocycles. The zero-order chi connectivity index (χ0) is 32.2. The second kappa shape index (κ2) is 13.1. The van der Waals surface area contributed by atoms with E-state index in [1.807, 2.05) is 0 Å². The lowest BCUT2D eigenvalue weighted by Gasteiger charge is -2.34. The summed E-state index contributed by atoms with van der Waals surface area (Å²) in [6, 6.07) is 7.95. The average molecular weight is 653 g/mol. The summed E-state index contributed by atoms with van der Waals surface area (Å²) in [6.45, 7) is -0.216. The van der Waals surface area contributed by atoms with Crippen LogP contribution in [0.2, 0.25) is 0 Å². The van der Waals surface area contributed by atoms with Crippen molar-refractivity contribution >= 4 is 38.3 Å². The van der Waals surface area contributed by atoms with E-state index in [1.165, 1.54) is 0 Å². The van der Waals surface area contributed by atoms with E-state index in [2.05, 4.69) is 9.47 Å². The molecule has 0 saturated carbocycles. The number of esters is 2. The first-order valence-electron chi connectivity index (χ1n) is 12.6. The van der Waals surface area contributed by atoms with Crippen LogP contribution in [0, 0.1) is 11.6 Å². The summed E-state index contributed by atoms with van der Waals surface area (Å²) in [5, 5.41) is 0. The summed E-state index contributed by atoms with van der Waals surface area (Å²) in [4.78, 5) is 34.6. The molecule has 0 amide bonds. The number of aldehydes is 1. The standard InChI is InChI=1S/C13H14F3NO4S.C13H14FNO5S/c1-21-12(18)13(11(15)16)7-2-8-17(13)22(19,20)10-5-3-9(14)4-6-10;1-20-12(17)13(9-16)7-2-8-15(13)21(18,19)11-5-3-10(14)4-6-11/h3-6,11H,2,7-8H2,1H3;3-6,9H,2,7-8H2,1H3/t2*13-/m11/s1. The Labute approximate surface area is 245 Å². The van der Waals surface area contributed by atoms with Crippen LogP contribution in [-0.2, 0) is 43.9 Å². The summed E-state index contributed by atoms with van der Waals surface area (Å²) in [7, 11) is -6.46. The Hall–Kier alpha value is -3.41. The van der Waals surface area contributed by atoms with E-state index in [-0.39, 0.29) is 42.1 Å². The first-order chi connectivity index (χ1) is 20.1. The van der Waals surface area contributed by atoms with Crippen molar-refractivity contribution in [2.75, 3.05) is 27.3 Å². The van der Waals surface area contributed by atoms with Gasteiger partial charge in [-0.15, -0.1) is 0 Å². The monoisotopic (exact) mass is 652 g/mol. The van der Waals surface area contributed by atoms with Gasteiger partial charge >= 0.3 is 11.9 Å². The highest BCUT2D eigenvalue weighted by molar-refractivity contribution is 7.89. The molecule has 11 nitrogen and oxygen atoms in total. The van der Waals surface area contributed by atoms with Crippen molar-refractivity contribution in [3.63, 3.8) is 0 Å². The van der Waals surface area contributed by atoms with Crippen LogP contribution in [-0.4, -0.2) is 88.5 Å². The second-order valence-electron chi connectivity index (χ2n) is 9.52. The lowest BCUT2D eigenvalue weighted by molar-refractivity contribution is -0.159. The molecule has 0 N–H and O–H groups in total. The highest BCUT2D eigenvalue weighted by Gasteiger charge is 2.60. The lowest BCUT2D eigenvalue weighted by Crippen LogP contribution is -2.58. The smallest absolute Gasteiger partial charge is 0.334 e. The highest BCUT2D eigenvalue weighted by Crippen LogP contribution is 2.40. The third kappa shape index (κ3) is 6.16. The third-order valence-electron chi connectivity index (χ3n) is 7.17. The number of methoxy groups -OCH3 is 2. The van der Waals surface area contributed by atoms with Gasteiger partial charge in [-0.3, -0.25) is 0 Å². The van der Waals surface area contributed by atoms with Gasteiger partial charge in [-0.05, 0) is 74.2 Å². The van der Waals surface area contributed by atoms with Crippen molar-refractivity contribution < 1.29 is 58.3 Å². The number of alkyl halides is 2. The molecule has 2 aromatic carbocycles. The van der Waals surface area contributed by atoms with Crippen molar-refractivity contribution in [1.82, 2.24) is 8.61 Å². The van der Waals surface area contributed by atoms with E-state index in [1.54, 1.807) is 0 Å². The molecule has 0 bridgehead atoms. The zero-order valence-corrected chi connectivity index (χ0v) is 24.5. The third-order valence-corrected chi connectivity index (χ3v) is 11.1. The van der Waals surface area contributed by atoms with Crippen LogP contribution in [0.5, 0.6) is 0 Å². The predicted octanol–water partition coefficient (Wildman–Crippen LogP) is 2.51. The predicted molar refractivity (Wildman–Crippen MR) is 141 cm³/mol. The van der Waals surface area contributed by atoms with Crippen LogP contribution < -0.4 is 0 Å². The highest BCUT2D eigenvalue weighted by atomic mass is 32.2. The number of carbonyl (C=O) groups excluding carboxylic acids is 3. The Morgan fingerprint density at radius 1 is 0.767 bits per heavy atom. The number of ether oxygens (including phenoxy) is 2. The van der Waals surface area contributed by atoms with Gasteiger partial charge in [0.05, 0.1) is 24.0 Å². The van der Waals surface area contributed by atoms with E-state index in [4.69, 9.17) is 0 Å². The van der Waals surface area contributed by atoms with Crippen molar-refractivity contribution in [2.45, 2.75) is 53.0 Å². The fourth-order valence-corrected chi connectivity index (χ4v) is 8.52. The fourth-order valence-electron chi connectivity index (χ4n) is 5.00.